The van der Waals surface area contributed by atoms with Crippen molar-refractivity contribution >= 4 is 45.2 Å². The number of hydrogen-bond donors (Lipinski definition) is 1. The number of nitro groups is 1. The number of oxazole rings is 1. The lowest BCUT2D eigenvalue weighted by atomic mass is 10.2. The molecule has 0 saturated heterocycles. The Labute approximate surface area is 203 Å². The van der Waals surface area contributed by atoms with Gasteiger partial charge in [-0.15, -0.1) is 0 Å². The molecule has 11 nitrogen and oxygen atoms in total. The van der Waals surface area contributed by atoms with Gasteiger partial charge in [0.15, 0.2) is 5.58 Å². The number of hydrogen-bond acceptors (Lipinski definition) is 7. The van der Waals surface area contributed by atoms with Crippen molar-refractivity contribution in [1.82, 2.24) is 19.4 Å². The molecule has 0 saturated carbocycles. The van der Waals surface area contributed by atoms with E-state index in [-0.39, 0.29) is 42.2 Å². The van der Waals surface area contributed by atoms with Crippen LogP contribution >= 0.6 is 11.6 Å². The Morgan fingerprint density at radius 1 is 1.26 bits per heavy atom. The molecule has 1 amide bonds. The third-order valence-electron chi connectivity index (χ3n) is 5.54. The van der Waals surface area contributed by atoms with E-state index < -0.39 is 10.7 Å². The molecule has 0 aliphatic carbocycles. The van der Waals surface area contributed by atoms with Crippen LogP contribution in [0.1, 0.15) is 32.0 Å². The molecule has 4 aromatic rings. The van der Waals surface area contributed by atoms with Gasteiger partial charge in [0, 0.05) is 30.6 Å². The minimum absolute atomic E-state index is 0.120. The summed E-state index contributed by atoms with van der Waals surface area (Å²) in [4.78, 5) is 56.7. The number of fused-ring (bicyclic) bond motifs is 2. The van der Waals surface area contributed by atoms with Gasteiger partial charge in [-0.1, -0.05) is 18.5 Å². The fourth-order valence-corrected chi connectivity index (χ4v) is 4.07. The molecule has 35 heavy (non-hydrogen) atoms. The lowest BCUT2D eigenvalue weighted by Crippen LogP contribution is -2.33. The number of rotatable bonds is 9. The Hall–Kier alpha value is -3.99. The van der Waals surface area contributed by atoms with E-state index in [1.165, 1.54) is 22.8 Å². The summed E-state index contributed by atoms with van der Waals surface area (Å²) in [6.45, 7) is 2.74. The summed E-state index contributed by atoms with van der Waals surface area (Å²) in [6.07, 6.45) is 1.21. The monoisotopic (exact) mass is 499 g/mol. The van der Waals surface area contributed by atoms with E-state index in [4.69, 9.17) is 16.0 Å². The number of nitrogens with zero attached hydrogens (tertiary/aromatic N) is 4. The average molecular weight is 500 g/mol. The van der Waals surface area contributed by atoms with Gasteiger partial charge in [0.1, 0.15) is 5.82 Å². The number of benzene rings is 2. The molecule has 12 heteroatoms. The van der Waals surface area contributed by atoms with Crippen LogP contribution in [0.15, 0.2) is 50.4 Å². The molecule has 0 atom stereocenters. The van der Waals surface area contributed by atoms with Crippen molar-refractivity contribution in [3.8, 4) is 0 Å². The number of carbonyl (C=O) groups is 1. The van der Waals surface area contributed by atoms with Gasteiger partial charge >= 0.3 is 5.76 Å². The lowest BCUT2D eigenvalue weighted by Gasteiger charge is -2.21. The first kappa shape index (κ1) is 24.1. The van der Waals surface area contributed by atoms with Gasteiger partial charge in [-0.3, -0.25) is 24.3 Å². The number of nitro benzene ring substituents is 1. The molecule has 0 aliphatic rings. The van der Waals surface area contributed by atoms with Crippen molar-refractivity contribution in [3.05, 3.63) is 78.3 Å². The summed E-state index contributed by atoms with van der Waals surface area (Å²) in [7, 11) is 0. The fourth-order valence-electron chi connectivity index (χ4n) is 3.91. The zero-order valence-electron chi connectivity index (χ0n) is 18.8. The molecule has 2 heterocycles. The zero-order valence-corrected chi connectivity index (χ0v) is 19.6. The number of non-ortho nitro benzene ring substituents is 1. The first-order chi connectivity index (χ1) is 16.8. The molecule has 2 aromatic heterocycles. The highest BCUT2D eigenvalue weighted by molar-refractivity contribution is 6.31. The maximum absolute atomic E-state index is 12.9. The average Bonchev–Trinajstić information content (AvgIpc) is 3.12. The highest BCUT2D eigenvalue weighted by Crippen LogP contribution is 2.20. The van der Waals surface area contributed by atoms with Crippen molar-refractivity contribution in [2.75, 3.05) is 6.54 Å². The van der Waals surface area contributed by atoms with Gasteiger partial charge < -0.3 is 14.3 Å². The number of aromatic nitrogens is 3. The number of carbonyl (C=O) groups excluding carboxylic acids is 1. The van der Waals surface area contributed by atoms with Crippen molar-refractivity contribution in [1.29, 1.82) is 0 Å². The van der Waals surface area contributed by atoms with Crippen LogP contribution in [-0.4, -0.2) is 36.8 Å². The number of halogens is 1. The van der Waals surface area contributed by atoms with Crippen LogP contribution in [0.5, 0.6) is 0 Å². The normalized spacial score (nSPS) is 11.3. The Kier molecular flexibility index (Phi) is 6.97. The third-order valence-corrected chi connectivity index (χ3v) is 5.77. The van der Waals surface area contributed by atoms with E-state index in [1.54, 1.807) is 23.1 Å². The van der Waals surface area contributed by atoms with E-state index in [0.717, 1.165) is 0 Å². The SMILES string of the molecule is CCCN(Cc1nc2cc(Cl)ccc2c(=O)[nH]1)C(=O)CCCn1c(=O)oc2cc([N+](=O)[O-])ccc21. The Balaban J connectivity index is 1.46. The van der Waals surface area contributed by atoms with Crippen molar-refractivity contribution < 1.29 is 14.1 Å². The molecule has 182 valence electrons. The molecule has 0 unspecified atom stereocenters. The van der Waals surface area contributed by atoms with Crippen LogP contribution in [0, 0.1) is 10.1 Å². The van der Waals surface area contributed by atoms with Crippen molar-refractivity contribution in [2.24, 2.45) is 0 Å². The van der Waals surface area contributed by atoms with Crippen LogP contribution in [0.3, 0.4) is 0 Å². The number of nitrogens with one attached hydrogen (secondary N) is 1. The van der Waals surface area contributed by atoms with E-state index in [9.17, 15) is 24.5 Å². The molecule has 2 aromatic carbocycles. The first-order valence-electron chi connectivity index (χ1n) is 11.0. The van der Waals surface area contributed by atoms with Gasteiger partial charge in [0.05, 0.1) is 34.0 Å². The standard InChI is InChI=1S/C23H22ClN5O6/c1-2-9-27(13-20-25-17-11-14(24)5-7-16(17)22(31)26-20)21(30)4-3-10-28-18-8-6-15(29(33)34)12-19(18)35-23(28)32/h5-8,11-12H,2-4,9-10,13H2,1H3,(H,25,26,31). The molecular formula is C23H22ClN5O6. The van der Waals surface area contributed by atoms with Gasteiger partial charge in [0.25, 0.3) is 11.2 Å². The first-order valence-corrected chi connectivity index (χ1v) is 11.4. The van der Waals surface area contributed by atoms with Crippen LogP contribution in [0.25, 0.3) is 22.0 Å². The second kappa shape index (κ2) is 10.1. The third kappa shape index (κ3) is 5.24. The van der Waals surface area contributed by atoms with Gasteiger partial charge in [-0.25, -0.2) is 9.78 Å². The van der Waals surface area contributed by atoms with Crippen LogP contribution < -0.4 is 11.3 Å². The summed E-state index contributed by atoms with van der Waals surface area (Å²) >= 11 is 6.02. The predicted molar refractivity (Wildman–Crippen MR) is 129 cm³/mol. The topological polar surface area (TPSA) is 144 Å². The smallest absolute Gasteiger partial charge is 0.407 e. The Bertz CT molecular complexity index is 1540. The van der Waals surface area contributed by atoms with E-state index in [1.807, 2.05) is 6.92 Å². The number of aryl methyl sites for hydroxylation is 1. The maximum atomic E-state index is 12.9. The van der Waals surface area contributed by atoms with Gasteiger partial charge in [-0.2, -0.15) is 0 Å². The van der Waals surface area contributed by atoms with Crippen LogP contribution in [-0.2, 0) is 17.9 Å². The van der Waals surface area contributed by atoms with Gasteiger partial charge in [-0.05, 0) is 37.1 Å². The highest BCUT2D eigenvalue weighted by atomic mass is 35.5. The zero-order chi connectivity index (χ0) is 25.1. The lowest BCUT2D eigenvalue weighted by molar-refractivity contribution is -0.384. The predicted octanol–water partition coefficient (Wildman–Crippen LogP) is 3.61. The Morgan fingerprint density at radius 2 is 2.06 bits per heavy atom. The molecule has 0 spiro atoms. The molecule has 0 fully saturated rings. The van der Waals surface area contributed by atoms with Crippen molar-refractivity contribution in [3.63, 3.8) is 0 Å². The fraction of sp³-hybridized carbons (Fsp3) is 0.304. The molecular weight excluding hydrogens is 478 g/mol. The van der Waals surface area contributed by atoms with Gasteiger partial charge in [0.2, 0.25) is 5.91 Å². The Morgan fingerprint density at radius 3 is 2.80 bits per heavy atom. The van der Waals surface area contributed by atoms with Crippen molar-refractivity contribution in [2.45, 2.75) is 39.3 Å². The van der Waals surface area contributed by atoms with E-state index >= 15 is 0 Å². The molecule has 1 N–H and O–H groups in total. The van der Waals surface area contributed by atoms with E-state index in [2.05, 4.69) is 9.97 Å². The molecule has 0 radical (unpaired) electrons. The number of H-pyrrole nitrogens is 1. The minimum atomic E-state index is -0.644. The maximum Gasteiger partial charge on any atom is 0.419 e. The second-order valence-corrected chi connectivity index (χ2v) is 8.46. The summed E-state index contributed by atoms with van der Waals surface area (Å²) in [6, 6.07) is 8.77. The highest BCUT2D eigenvalue weighted by Gasteiger charge is 2.17. The number of amides is 1. The number of aromatic amines is 1. The minimum Gasteiger partial charge on any atom is -0.407 e. The molecule has 0 aliphatic heterocycles. The second-order valence-electron chi connectivity index (χ2n) is 8.02. The summed E-state index contributed by atoms with van der Waals surface area (Å²) in [5.74, 6) is -0.447. The summed E-state index contributed by atoms with van der Waals surface area (Å²) in [5.41, 5.74) is 0.514. The van der Waals surface area contributed by atoms with Crippen LogP contribution in [0.4, 0.5) is 5.69 Å². The summed E-state index contributed by atoms with van der Waals surface area (Å²) in [5, 5.41) is 11.8. The molecule has 4 rings (SSSR count). The molecule has 0 bridgehead atoms. The van der Waals surface area contributed by atoms with E-state index in [0.29, 0.717) is 46.7 Å². The quantitative estimate of drug-likeness (QED) is 0.273. The largest absolute Gasteiger partial charge is 0.419 e. The summed E-state index contributed by atoms with van der Waals surface area (Å²) < 4.78 is 6.47. The van der Waals surface area contributed by atoms with Crippen LogP contribution in [0.2, 0.25) is 5.02 Å².